The summed E-state index contributed by atoms with van der Waals surface area (Å²) in [4.78, 5) is 0.324. The van der Waals surface area contributed by atoms with Crippen molar-refractivity contribution >= 4 is 33.2 Å². The second kappa shape index (κ2) is 8.45. The van der Waals surface area contributed by atoms with Crippen LogP contribution in [0.3, 0.4) is 0 Å². The molecule has 6 heteroatoms. The summed E-state index contributed by atoms with van der Waals surface area (Å²) in [6.07, 6.45) is 0. The Morgan fingerprint density at radius 1 is 0.840 bits per heavy atom. The van der Waals surface area contributed by atoms with Gasteiger partial charge in [0.15, 0.2) is 0 Å². The Hall–Kier alpha value is -1.92. The first-order valence-electron chi connectivity index (χ1n) is 7.85. The van der Waals surface area contributed by atoms with Crippen LogP contribution in [0, 0.1) is 0 Å². The van der Waals surface area contributed by atoms with Crippen molar-refractivity contribution in [1.82, 2.24) is 4.31 Å². The summed E-state index contributed by atoms with van der Waals surface area (Å²) in [5.41, 5.74) is 6.60. The van der Waals surface area contributed by atoms with E-state index in [0.717, 1.165) is 16.3 Å². The third kappa shape index (κ3) is 4.19. The highest BCUT2D eigenvalue weighted by Gasteiger charge is 2.25. The Labute approximate surface area is 154 Å². The van der Waals surface area contributed by atoms with E-state index in [1.807, 2.05) is 60.7 Å². The fourth-order valence-corrected chi connectivity index (χ4v) is 4.43. The molecule has 0 saturated heterocycles. The zero-order valence-electron chi connectivity index (χ0n) is 13.7. The molecule has 0 atom stereocenters. The van der Waals surface area contributed by atoms with Crippen LogP contribution in [0.25, 0.3) is 10.8 Å². The predicted octanol–water partition coefficient (Wildman–Crippen LogP) is 3.41. The van der Waals surface area contributed by atoms with E-state index in [1.165, 1.54) is 4.31 Å². The van der Waals surface area contributed by atoms with Crippen molar-refractivity contribution in [3.8, 4) is 0 Å². The van der Waals surface area contributed by atoms with Crippen molar-refractivity contribution in [2.75, 3.05) is 13.1 Å². The summed E-state index contributed by atoms with van der Waals surface area (Å²) in [5, 5.41) is 1.64. The van der Waals surface area contributed by atoms with Gasteiger partial charge in [-0.1, -0.05) is 66.7 Å². The molecule has 0 unspecified atom stereocenters. The minimum Gasteiger partial charge on any atom is -0.329 e. The van der Waals surface area contributed by atoms with Crippen LogP contribution in [0.1, 0.15) is 5.56 Å². The van der Waals surface area contributed by atoms with Gasteiger partial charge in [0.2, 0.25) is 10.0 Å². The normalized spacial score (nSPS) is 11.4. The molecule has 0 aliphatic rings. The van der Waals surface area contributed by atoms with Gasteiger partial charge in [0.05, 0.1) is 4.90 Å². The summed E-state index contributed by atoms with van der Waals surface area (Å²) in [6.45, 7) is 0.862. The summed E-state index contributed by atoms with van der Waals surface area (Å²) in [7, 11) is -3.63. The van der Waals surface area contributed by atoms with Gasteiger partial charge in [-0.15, -0.1) is 12.4 Å². The monoisotopic (exact) mass is 376 g/mol. The Kier molecular flexibility index (Phi) is 6.56. The van der Waals surface area contributed by atoms with Crippen LogP contribution in [0.4, 0.5) is 0 Å². The lowest BCUT2D eigenvalue weighted by Gasteiger charge is -2.22. The highest BCUT2D eigenvalue weighted by molar-refractivity contribution is 7.89. The number of rotatable bonds is 6. The Morgan fingerprint density at radius 3 is 2.20 bits per heavy atom. The number of nitrogens with two attached hydrogens (primary N) is 1. The zero-order chi connectivity index (χ0) is 17.0. The van der Waals surface area contributed by atoms with Crippen LogP contribution in [-0.2, 0) is 16.6 Å². The van der Waals surface area contributed by atoms with Crippen molar-refractivity contribution in [3.05, 3.63) is 78.4 Å². The van der Waals surface area contributed by atoms with Gasteiger partial charge in [0.1, 0.15) is 0 Å². The number of halogens is 1. The molecular formula is C19H21ClN2O2S. The Balaban J connectivity index is 0.00000225. The maximum atomic E-state index is 13.2. The van der Waals surface area contributed by atoms with E-state index in [0.29, 0.717) is 11.4 Å². The van der Waals surface area contributed by atoms with Crippen molar-refractivity contribution < 1.29 is 8.42 Å². The standard InChI is InChI=1S/C19H20N2O2S.ClH/c20-13-14-21(15-16-7-2-1-3-8-16)24(22,23)19-12-6-10-17-9-4-5-11-18(17)19;/h1-12H,13-15,20H2;1H. The zero-order valence-corrected chi connectivity index (χ0v) is 15.3. The van der Waals surface area contributed by atoms with Gasteiger partial charge in [-0.3, -0.25) is 0 Å². The van der Waals surface area contributed by atoms with Crippen LogP contribution >= 0.6 is 12.4 Å². The number of fused-ring (bicyclic) bond motifs is 1. The van der Waals surface area contributed by atoms with Crippen LogP contribution < -0.4 is 5.73 Å². The molecule has 0 aliphatic heterocycles. The van der Waals surface area contributed by atoms with E-state index in [2.05, 4.69) is 0 Å². The topological polar surface area (TPSA) is 63.4 Å². The lowest BCUT2D eigenvalue weighted by molar-refractivity contribution is 0.414. The molecule has 3 aromatic carbocycles. The molecule has 0 spiro atoms. The first-order chi connectivity index (χ1) is 11.6. The molecule has 2 N–H and O–H groups in total. The SMILES string of the molecule is Cl.NCCN(Cc1ccccc1)S(=O)(=O)c1cccc2ccccc12. The average Bonchev–Trinajstić information content (AvgIpc) is 2.61. The fraction of sp³-hybridized carbons (Fsp3) is 0.158. The van der Waals surface area contributed by atoms with Crippen molar-refractivity contribution in [1.29, 1.82) is 0 Å². The number of benzene rings is 3. The highest BCUT2D eigenvalue weighted by Crippen LogP contribution is 2.26. The lowest BCUT2D eigenvalue weighted by atomic mass is 10.1. The first kappa shape index (κ1) is 19.4. The highest BCUT2D eigenvalue weighted by atomic mass is 35.5. The predicted molar refractivity (Wildman–Crippen MR) is 104 cm³/mol. The van der Waals surface area contributed by atoms with E-state index < -0.39 is 10.0 Å². The van der Waals surface area contributed by atoms with Gasteiger partial charge >= 0.3 is 0 Å². The molecular weight excluding hydrogens is 356 g/mol. The van der Waals surface area contributed by atoms with Crippen LogP contribution in [0.15, 0.2) is 77.7 Å². The maximum Gasteiger partial charge on any atom is 0.244 e. The first-order valence-corrected chi connectivity index (χ1v) is 9.29. The van der Waals surface area contributed by atoms with Crippen LogP contribution in [0.5, 0.6) is 0 Å². The largest absolute Gasteiger partial charge is 0.329 e. The third-order valence-corrected chi connectivity index (χ3v) is 5.85. The van der Waals surface area contributed by atoms with Crippen molar-refractivity contribution in [3.63, 3.8) is 0 Å². The average molecular weight is 377 g/mol. The number of hydrogen-bond donors (Lipinski definition) is 1. The van der Waals surface area contributed by atoms with E-state index in [4.69, 9.17) is 5.73 Å². The third-order valence-electron chi connectivity index (χ3n) is 3.95. The molecule has 0 amide bonds. The summed E-state index contributed by atoms with van der Waals surface area (Å²) >= 11 is 0. The van der Waals surface area contributed by atoms with Gasteiger partial charge in [0, 0.05) is 25.0 Å². The quantitative estimate of drug-likeness (QED) is 0.717. The van der Waals surface area contributed by atoms with Crippen molar-refractivity contribution in [2.24, 2.45) is 5.73 Å². The second-order valence-electron chi connectivity index (χ2n) is 5.59. The molecule has 25 heavy (non-hydrogen) atoms. The van der Waals surface area contributed by atoms with Gasteiger partial charge in [-0.25, -0.2) is 8.42 Å². The minimum absolute atomic E-state index is 0. The number of nitrogens with zero attached hydrogens (tertiary/aromatic N) is 1. The van der Waals surface area contributed by atoms with E-state index in [1.54, 1.807) is 12.1 Å². The number of hydrogen-bond acceptors (Lipinski definition) is 3. The minimum atomic E-state index is -3.63. The molecule has 0 aliphatic carbocycles. The molecule has 0 saturated carbocycles. The molecule has 132 valence electrons. The number of sulfonamides is 1. The molecule has 3 aromatic rings. The van der Waals surface area contributed by atoms with Gasteiger partial charge in [0.25, 0.3) is 0 Å². The lowest BCUT2D eigenvalue weighted by Crippen LogP contribution is -2.35. The Bertz CT molecular complexity index is 925. The summed E-state index contributed by atoms with van der Waals surface area (Å²) in [5.74, 6) is 0. The van der Waals surface area contributed by atoms with Crippen molar-refractivity contribution in [2.45, 2.75) is 11.4 Å². The van der Waals surface area contributed by atoms with Gasteiger partial charge < -0.3 is 5.73 Å². The fourth-order valence-electron chi connectivity index (χ4n) is 2.77. The smallest absolute Gasteiger partial charge is 0.244 e. The molecule has 0 fully saturated rings. The molecule has 3 rings (SSSR count). The molecule has 0 bridgehead atoms. The van der Waals surface area contributed by atoms with Crippen LogP contribution in [0.2, 0.25) is 0 Å². The molecule has 0 radical (unpaired) electrons. The van der Waals surface area contributed by atoms with E-state index in [-0.39, 0.29) is 25.5 Å². The Morgan fingerprint density at radius 2 is 1.48 bits per heavy atom. The van der Waals surface area contributed by atoms with Gasteiger partial charge in [-0.2, -0.15) is 4.31 Å². The molecule has 4 nitrogen and oxygen atoms in total. The van der Waals surface area contributed by atoms with Crippen LogP contribution in [-0.4, -0.2) is 25.8 Å². The van der Waals surface area contributed by atoms with E-state index in [9.17, 15) is 8.42 Å². The molecule has 0 heterocycles. The van der Waals surface area contributed by atoms with E-state index >= 15 is 0 Å². The maximum absolute atomic E-state index is 13.2. The second-order valence-corrected chi connectivity index (χ2v) is 7.50. The molecule has 0 aromatic heterocycles. The summed E-state index contributed by atoms with van der Waals surface area (Å²) in [6, 6.07) is 22.4. The summed E-state index contributed by atoms with van der Waals surface area (Å²) < 4.78 is 27.9. The van der Waals surface area contributed by atoms with Gasteiger partial charge in [-0.05, 0) is 17.0 Å².